The summed E-state index contributed by atoms with van der Waals surface area (Å²) >= 11 is 6.34. The number of halogens is 1. The lowest BCUT2D eigenvalue weighted by molar-refractivity contribution is 0.417. The average Bonchev–Trinajstić information content (AvgIpc) is 3.04. The van der Waals surface area contributed by atoms with Crippen LogP contribution in [0.25, 0.3) is 10.8 Å². The number of aromatic nitrogens is 3. The molecule has 0 saturated heterocycles. The van der Waals surface area contributed by atoms with Crippen LogP contribution in [0.4, 0.5) is 23.1 Å². The Balaban J connectivity index is 1.67. The minimum Gasteiger partial charge on any atom is -0.495 e. The Morgan fingerprint density at radius 3 is 2.66 bits per heavy atom. The normalized spacial score (nSPS) is 11.5. The van der Waals surface area contributed by atoms with Gasteiger partial charge in [-0.05, 0) is 37.6 Å². The number of benzene rings is 2. The molecule has 3 N–H and O–H groups in total. The molecule has 0 aliphatic rings. The summed E-state index contributed by atoms with van der Waals surface area (Å²) in [5, 5.41) is 19.3. The zero-order valence-electron chi connectivity index (χ0n) is 18.0. The molecular weight excluding hydrogens is 449 g/mol. The molecule has 2 aromatic heterocycles. The predicted molar refractivity (Wildman–Crippen MR) is 130 cm³/mol. The molecule has 0 aliphatic heterocycles. The highest BCUT2D eigenvalue weighted by Crippen LogP contribution is 2.38. The van der Waals surface area contributed by atoms with Gasteiger partial charge in [-0.1, -0.05) is 23.7 Å². The predicted octanol–water partition coefficient (Wildman–Crippen LogP) is 5.07. The second-order valence-corrected chi connectivity index (χ2v) is 11.3. The maximum Gasteiger partial charge on any atom is 0.229 e. The summed E-state index contributed by atoms with van der Waals surface area (Å²) in [6.07, 6.45) is 3.32. The highest BCUT2D eigenvalue weighted by molar-refractivity contribution is 7.70. The van der Waals surface area contributed by atoms with E-state index in [0.717, 1.165) is 10.7 Å². The molecule has 2 heterocycles. The van der Waals surface area contributed by atoms with E-state index in [9.17, 15) is 9.67 Å². The number of aryl methyl sites for hydroxylation is 1. The molecular formula is C22H23ClN5O3P. The molecule has 0 atom stereocenters. The Morgan fingerprint density at radius 2 is 1.94 bits per heavy atom. The minimum atomic E-state index is -2.43. The van der Waals surface area contributed by atoms with Gasteiger partial charge in [0.05, 0.1) is 30.1 Å². The van der Waals surface area contributed by atoms with Gasteiger partial charge >= 0.3 is 0 Å². The number of anilines is 4. The number of ether oxygens (including phenoxy) is 1. The third kappa shape index (κ3) is 4.24. The lowest BCUT2D eigenvalue weighted by Crippen LogP contribution is -2.07. The van der Waals surface area contributed by atoms with Crippen LogP contribution in [0, 0.1) is 0 Å². The molecule has 0 fully saturated rings. The average molecular weight is 472 g/mol. The van der Waals surface area contributed by atoms with E-state index in [1.54, 1.807) is 50.3 Å². The van der Waals surface area contributed by atoms with Crippen molar-refractivity contribution in [2.75, 3.05) is 31.1 Å². The number of nitrogens with one attached hydrogen (secondary N) is 2. The summed E-state index contributed by atoms with van der Waals surface area (Å²) in [7, 11) is 0.891. The maximum absolute atomic E-state index is 12.4. The summed E-state index contributed by atoms with van der Waals surface area (Å²) in [6.45, 7) is 3.42. The van der Waals surface area contributed by atoms with Gasteiger partial charge in [-0.15, -0.1) is 0 Å². The number of hydrogen-bond donors (Lipinski definition) is 3. The van der Waals surface area contributed by atoms with E-state index in [1.165, 1.54) is 6.20 Å². The van der Waals surface area contributed by atoms with Crippen LogP contribution in [0.2, 0.25) is 5.02 Å². The van der Waals surface area contributed by atoms with E-state index in [1.807, 2.05) is 24.4 Å². The zero-order valence-corrected chi connectivity index (χ0v) is 19.7. The van der Waals surface area contributed by atoms with Crippen LogP contribution in [0.3, 0.4) is 0 Å². The molecule has 10 heteroatoms. The fraction of sp³-hybridized carbons (Fsp3) is 0.182. The molecule has 4 rings (SSSR count). The van der Waals surface area contributed by atoms with Gasteiger partial charge in [-0.3, -0.25) is 0 Å². The van der Waals surface area contributed by atoms with Gasteiger partial charge in [0.25, 0.3) is 0 Å². The molecule has 0 unspecified atom stereocenters. The highest BCUT2D eigenvalue weighted by Gasteiger charge is 2.16. The number of methoxy groups -OCH3 is 1. The van der Waals surface area contributed by atoms with Crippen molar-refractivity contribution in [1.29, 1.82) is 0 Å². The second-order valence-electron chi connectivity index (χ2n) is 7.71. The molecule has 0 saturated carbocycles. The Labute approximate surface area is 190 Å². The highest BCUT2D eigenvalue weighted by atomic mass is 35.5. The first-order valence-corrected chi connectivity index (χ1v) is 12.7. The van der Waals surface area contributed by atoms with Crippen molar-refractivity contribution >= 4 is 58.0 Å². The number of nitrogens with zero attached hydrogens (tertiary/aromatic N) is 3. The van der Waals surface area contributed by atoms with Gasteiger partial charge in [0.1, 0.15) is 17.9 Å². The quantitative estimate of drug-likeness (QED) is 0.337. The molecule has 0 amide bonds. The molecule has 32 heavy (non-hydrogen) atoms. The molecule has 166 valence electrons. The van der Waals surface area contributed by atoms with Gasteiger partial charge in [-0.2, -0.15) is 4.98 Å². The van der Waals surface area contributed by atoms with Crippen LogP contribution in [0.1, 0.15) is 0 Å². The summed E-state index contributed by atoms with van der Waals surface area (Å²) < 4.78 is 19.5. The Morgan fingerprint density at radius 1 is 1.16 bits per heavy atom. The van der Waals surface area contributed by atoms with Crippen molar-refractivity contribution in [2.45, 2.75) is 0 Å². The van der Waals surface area contributed by atoms with Gasteiger partial charge in [0.2, 0.25) is 11.8 Å². The number of aromatic hydroxyl groups is 1. The van der Waals surface area contributed by atoms with E-state index in [4.69, 9.17) is 16.3 Å². The maximum atomic E-state index is 12.4. The van der Waals surface area contributed by atoms with E-state index >= 15 is 0 Å². The van der Waals surface area contributed by atoms with E-state index < -0.39 is 7.14 Å². The first-order valence-electron chi connectivity index (χ1n) is 9.74. The van der Waals surface area contributed by atoms with Crippen molar-refractivity contribution in [1.82, 2.24) is 14.5 Å². The van der Waals surface area contributed by atoms with E-state index in [2.05, 4.69) is 20.6 Å². The van der Waals surface area contributed by atoms with Crippen molar-refractivity contribution in [3.63, 3.8) is 0 Å². The van der Waals surface area contributed by atoms with Crippen LogP contribution in [0.15, 0.2) is 48.8 Å². The van der Waals surface area contributed by atoms with Crippen LogP contribution in [-0.4, -0.2) is 40.1 Å². The zero-order chi connectivity index (χ0) is 23.0. The SMILES string of the molecule is COc1cc(P(C)(C)=O)ccc1Nc1ncc(Cl)c(Nc2cccc3cn(C)c(O)c23)n1. The molecule has 8 nitrogen and oxygen atoms in total. The molecule has 0 bridgehead atoms. The standard InChI is InChI=1S/C22H23ClN5O3P/c1-28-12-13-6-5-7-17(19(13)21(28)29)25-20-15(23)11-24-22(27-20)26-16-9-8-14(32(3,4)30)10-18(16)31-2/h5-12,29H,1-4H3,(H2,24,25,26,27). The number of rotatable bonds is 6. The lowest BCUT2D eigenvalue weighted by atomic mass is 10.2. The summed E-state index contributed by atoms with van der Waals surface area (Å²) in [6, 6.07) is 10.9. The molecule has 4 aromatic rings. The summed E-state index contributed by atoms with van der Waals surface area (Å²) in [5.41, 5.74) is 1.29. The lowest BCUT2D eigenvalue weighted by Gasteiger charge is -2.15. The third-order valence-corrected chi connectivity index (χ3v) is 6.84. The largest absolute Gasteiger partial charge is 0.495 e. The van der Waals surface area contributed by atoms with Crippen LogP contribution in [0.5, 0.6) is 11.6 Å². The molecule has 0 spiro atoms. The fourth-order valence-corrected chi connectivity index (χ4v) is 4.36. The topological polar surface area (TPSA) is 101 Å². The molecule has 2 aromatic carbocycles. The number of fused-ring (bicyclic) bond motifs is 1. The van der Waals surface area contributed by atoms with Crippen molar-refractivity contribution in [2.24, 2.45) is 7.05 Å². The summed E-state index contributed by atoms with van der Waals surface area (Å²) in [5.74, 6) is 1.34. The molecule has 0 radical (unpaired) electrons. The van der Waals surface area contributed by atoms with Crippen molar-refractivity contribution < 1.29 is 14.4 Å². The number of hydrogen-bond acceptors (Lipinski definition) is 7. The Kier molecular flexibility index (Phi) is 5.75. The van der Waals surface area contributed by atoms with Crippen LogP contribution < -0.4 is 20.7 Å². The van der Waals surface area contributed by atoms with Gasteiger partial charge < -0.3 is 29.6 Å². The monoisotopic (exact) mass is 471 g/mol. The van der Waals surface area contributed by atoms with Crippen molar-refractivity contribution in [3.8, 4) is 11.6 Å². The Bertz CT molecular complexity index is 1370. The van der Waals surface area contributed by atoms with E-state index in [0.29, 0.717) is 39.3 Å². The smallest absolute Gasteiger partial charge is 0.229 e. The van der Waals surface area contributed by atoms with Gasteiger partial charge in [0.15, 0.2) is 5.82 Å². The molecule has 0 aliphatic carbocycles. The summed E-state index contributed by atoms with van der Waals surface area (Å²) in [4.78, 5) is 8.74. The first kappa shape index (κ1) is 22.0. The van der Waals surface area contributed by atoms with Gasteiger partial charge in [0, 0.05) is 23.9 Å². The van der Waals surface area contributed by atoms with Crippen LogP contribution >= 0.6 is 18.7 Å². The van der Waals surface area contributed by atoms with E-state index in [-0.39, 0.29) is 5.88 Å². The minimum absolute atomic E-state index is 0.139. The second kappa shape index (κ2) is 8.37. The van der Waals surface area contributed by atoms with Gasteiger partial charge in [-0.25, -0.2) is 4.98 Å². The van der Waals surface area contributed by atoms with Crippen LogP contribution in [-0.2, 0) is 11.6 Å². The fourth-order valence-electron chi connectivity index (χ4n) is 3.36. The Hall–Kier alpha value is -3.22. The van der Waals surface area contributed by atoms with Crippen molar-refractivity contribution in [3.05, 3.63) is 53.8 Å². The first-order chi connectivity index (χ1) is 15.2. The third-order valence-electron chi connectivity index (χ3n) is 5.04.